The summed E-state index contributed by atoms with van der Waals surface area (Å²) < 4.78 is 27.0. The van der Waals surface area contributed by atoms with Crippen LogP contribution >= 0.6 is 15.9 Å². The van der Waals surface area contributed by atoms with Crippen molar-refractivity contribution in [1.29, 1.82) is 0 Å². The fraction of sp³-hybridized carbons (Fsp3) is 0.500. The molecule has 1 saturated heterocycles. The monoisotopic (exact) mass is 489 g/mol. The third kappa shape index (κ3) is 5.45. The van der Waals surface area contributed by atoms with Gasteiger partial charge in [-0.05, 0) is 12.1 Å². The summed E-state index contributed by atoms with van der Waals surface area (Å²) in [7, 11) is 1.15. The van der Waals surface area contributed by atoms with Crippen molar-refractivity contribution in [2.45, 2.75) is 45.4 Å². The van der Waals surface area contributed by atoms with Crippen LogP contribution in [0.25, 0.3) is 0 Å². The summed E-state index contributed by atoms with van der Waals surface area (Å²) in [5, 5.41) is 11.4. The van der Waals surface area contributed by atoms with E-state index in [1.54, 1.807) is 6.92 Å². The van der Waals surface area contributed by atoms with Gasteiger partial charge in [0.25, 0.3) is 0 Å². The number of esters is 3. The molecule has 1 aromatic carbocycles. The zero-order chi connectivity index (χ0) is 22.6. The van der Waals surface area contributed by atoms with Gasteiger partial charge in [0.1, 0.15) is 0 Å². The highest BCUT2D eigenvalue weighted by Crippen LogP contribution is 2.36. The van der Waals surface area contributed by atoms with Gasteiger partial charge in [-0.3, -0.25) is 19.7 Å². The molecule has 1 aliphatic rings. The van der Waals surface area contributed by atoms with E-state index in [4.69, 9.17) is 23.7 Å². The first-order valence-electron chi connectivity index (χ1n) is 8.73. The molecule has 0 N–H and O–H groups in total. The predicted octanol–water partition coefficient (Wildman–Crippen LogP) is 2.13. The van der Waals surface area contributed by atoms with Crippen LogP contribution in [0.3, 0.4) is 0 Å². The van der Waals surface area contributed by atoms with E-state index < -0.39 is 59.0 Å². The third-order valence-electron chi connectivity index (χ3n) is 4.27. The summed E-state index contributed by atoms with van der Waals surface area (Å²) in [6.07, 6.45) is -5.18. The molecule has 30 heavy (non-hydrogen) atoms. The van der Waals surface area contributed by atoms with Crippen LogP contribution in [0.2, 0.25) is 0 Å². The van der Waals surface area contributed by atoms with Gasteiger partial charge < -0.3 is 23.7 Å². The second kappa shape index (κ2) is 9.85. The van der Waals surface area contributed by atoms with Crippen LogP contribution in [-0.2, 0) is 33.3 Å². The van der Waals surface area contributed by atoms with Gasteiger partial charge in [0.15, 0.2) is 12.2 Å². The lowest BCUT2D eigenvalue weighted by Gasteiger charge is -2.42. The van der Waals surface area contributed by atoms with Crippen LogP contribution in [-0.4, -0.2) is 54.5 Å². The molecule has 0 bridgehead atoms. The Balaban J connectivity index is 2.49. The number of ether oxygens (including phenoxy) is 5. The molecule has 1 unspecified atom stereocenters. The number of carbonyl (C=O) groups is 3. The summed E-state index contributed by atoms with van der Waals surface area (Å²) in [4.78, 5) is 46.2. The minimum Gasteiger partial charge on any atom is -0.467 e. The number of nitro benzene ring substituents is 1. The standard InChI is InChI=1S/C18H20BrNO10/c1-8-14(27-9(2)21)16(28-10(3)22)18(30-15(8)17(23)26-4)29-13-6-5-11(19)7-12(13)20(24)25/h5-8,14-16,18H,1-4H3/t8-,14-,15-,16+,18?/m0/s1. The fourth-order valence-electron chi connectivity index (χ4n) is 2.99. The number of rotatable bonds is 6. The quantitative estimate of drug-likeness (QED) is 0.252. The Bertz CT molecular complexity index is 844. The second-order valence-corrected chi connectivity index (χ2v) is 7.36. The maximum atomic E-state index is 12.2. The zero-order valence-electron chi connectivity index (χ0n) is 16.5. The smallest absolute Gasteiger partial charge is 0.335 e. The summed E-state index contributed by atoms with van der Waals surface area (Å²) in [5.41, 5.74) is -0.396. The van der Waals surface area contributed by atoms with E-state index in [-0.39, 0.29) is 5.75 Å². The minimum atomic E-state index is -1.50. The number of hydrogen-bond donors (Lipinski definition) is 0. The Morgan fingerprint density at radius 2 is 1.73 bits per heavy atom. The van der Waals surface area contributed by atoms with E-state index in [0.29, 0.717) is 4.47 Å². The number of carbonyl (C=O) groups excluding carboxylic acids is 3. The minimum absolute atomic E-state index is 0.204. The van der Waals surface area contributed by atoms with Crippen LogP contribution in [0, 0.1) is 16.0 Å². The molecule has 0 radical (unpaired) electrons. The maximum absolute atomic E-state index is 12.2. The molecule has 1 aromatic rings. The molecule has 1 heterocycles. The highest BCUT2D eigenvalue weighted by Gasteiger charge is 2.52. The number of hydrogen-bond acceptors (Lipinski definition) is 10. The highest BCUT2D eigenvalue weighted by atomic mass is 79.9. The normalized spacial score (nSPS) is 25.7. The largest absolute Gasteiger partial charge is 0.467 e. The zero-order valence-corrected chi connectivity index (χ0v) is 18.1. The number of methoxy groups -OCH3 is 1. The van der Waals surface area contributed by atoms with E-state index in [0.717, 1.165) is 21.0 Å². The average molecular weight is 490 g/mol. The van der Waals surface area contributed by atoms with Gasteiger partial charge in [0.2, 0.25) is 18.1 Å². The van der Waals surface area contributed by atoms with Crippen molar-refractivity contribution in [3.05, 3.63) is 32.8 Å². The molecule has 1 fully saturated rings. The van der Waals surface area contributed by atoms with Gasteiger partial charge in [0.05, 0.1) is 12.0 Å². The number of nitro groups is 1. The van der Waals surface area contributed by atoms with Crippen molar-refractivity contribution in [3.8, 4) is 5.75 Å². The summed E-state index contributed by atoms with van der Waals surface area (Å²) >= 11 is 3.14. The van der Waals surface area contributed by atoms with Crippen LogP contribution in [0.4, 0.5) is 5.69 Å². The van der Waals surface area contributed by atoms with Crippen molar-refractivity contribution in [1.82, 2.24) is 0 Å². The molecular weight excluding hydrogens is 470 g/mol. The molecule has 5 atom stereocenters. The first-order valence-corrected chi connectivity index (χ1v) is 9.52. The molecule has 0 spiro atoms. The van der Waals surface area contributed by atoms with E-state index in [2.05, 4.69) is 15.9 Å². The maximum Gasteiger partial charge on any atom is 0.335 e. The average Bonchev–Trinajstić information content (AvgIpc) is 2.66. The van der Waals surface area contributed by atoms with Gasteiger partial charge in [-0.1, -0.05) is 22.9 Å². The fourth-order valence-corrected chi connectivity index (χ4v) is 3.34. The molecule has 0 amide bonds. The molecule has 164 valence electrons. The highest BCUT2D eigenvalue weighted by molar-refractivity contribution is 9.10. The molecule has 0 saturated carbocycles. The first kappa shape index (κ1) is 23.5. The Morgan fingerprint density at radius 3 is 2.27 bits per heavy atom. The van der Waals surface area contributed by atoms with E-state index in [1.165, 1.54) is 18.2 Å². The Morgan fingerprint density at radius 1 is 1.13 bits per heavy atom. The summed E-state index contributed by atoms with van der Waals surface area (Å²) in [6.45, 7) is 3.82. The van der Waals surface area contributed by atoms with Crippen LogP contribution in [0.5, 0.6) is 5.75 Å². The Hall–Kier alpha value is -2.73. The Labute approximate surface area is 179 Å². The van der Waals surface area contributed by atoms with Gasteiger partial charge in [-0.2, -0.15) is 0 Å². The van der Waals surface area contributed by atoms with Crippen molar-refractivity contribution in [2.24, 2.45) is 5.92 Å². The van der Waals surface area contributed by atoms with Gasteiger partial charge in [-0.25, -0.2) is 4.79 Å². The van der Waals surface area contributed by atoms with Crippen molar-refractivity contribution in [3.63, 3.8) is 0 Å². The summed E-state index contributed by atoms with van der Waals surface area (Å²) in [5.74, 6) is -3.18. The molecular formula is C18H20BrNO10. The SMILES string of the molecule is COC(=O)[C@H]1OC(Oc2ccc(Br)cc2[N+](=O)[O-])[C@H](OC(C)=O)[C@@H](OC(C)=O)[C@@H]1C. The van der Waals surface area contributed by atoms with Crippen molar-refractivity contribution >= 4 is 39.5 Å². The van der Waals surface area contributed by atoms with E-state index >= 15 is 0 Å². The molecule has 0 aliphatic carbocycles. The topological polar surface area (TPSA) is 141 Å². The van der Waals surface area contributed by atoms with E-state index in [1.807, 2.05) is 0 Å². The predicted molar refractivity (Wildman–Crippen MR) is 102 cm³/mol. The number of benzene rings is 1. The Kier molecular flexibility index (Phi) is 7.73. The molecule has 12 heteroatoms. The molecule has 0 aromatic heterocycles. The molecule has 11 nitrogen and oxygen atoms in total. The van der Waals surface area contributed by atoms with Crippen LogP contribution < -0.4 is 4.74 Å². The van der Waals surface area contributed by atoms with Gasteiger partial charge in [-0.15, -0.1) is 0 Å². The van der Waals surface area contributed by atoms with Crippen LogP contribution in [0.15, 0.2) is 22.7 Å². The number of nitrogens with zero attached hydrogens (tertiary/aromatic N) is 1. The lowest BCUT2D eigenvalue weighted by Crippen LogP contribution is -2.60. The first-order chi connectivity index (χ1) is 14.0. The molecule has 1 aliphatic heterocycles. The third-order valence-corrected chi connectivity index (χ3v) is 4.76. The lowest BCUT2D eigenvalue weighted by atomic mass is 9.90. The van der Waals surface area contributed by atoms with Crippen molar-refractivity contribution < 1.29 is 43.0 Å². The van der Waals surface area contributed by atoms with Gasteiger partial charge >= 0.3 is 23.6 Å². The molecule has 2 rings (SSSR count). The number of halogens is 1. The summed E-state index contributed by atoms with van der Waals surface area (Å²) in [6, 6.07) is 4.02. The van der Waals surface area contributed by atoms with E-state index in [9.17, 15) is 24.5 Å². The lowest BCUT2D eigenvalue weighted by molar-refractivity contribution is -0.387. The van der Waals surface area contributed by atoms with Crippen LogP contribution in [0.1, 0.15) is 20.8 Å². The van der Waals surface area contributed by atoms with Crippen molar-refractivity contribution in [2.75, 3.05) is 7.11 Å². The van der Waals surface area contributed by atoms with Gasteiger partial charge in [0, 0.05) is 30.3 Å². The second-order valence-electron chi connectivity index (χ2n) is 6.44.